The normalized spacial score (nSPS) is 13.4. The molecule has 0 saturated carbocycles. The zero-order chi connectivity index (χ0) is 14.3. The molecule has 8 heteroatoms. The Hall–Kier alpha value is -1.31. The van der Waals surface area contributed by atoms with Gasteiger partial charge in [-0.25, -0.2) is 0 Å². The summed E-state index contributed by atoms with van der Waals surface area (Å²) >= 11 is 0. The van der Waals surface area contributed by atoms with Crippen molar-refractivity contribution in [3.63, 3.8) is 0 Å². The number of carboxylic acid groups (broad SMARTS) is 1. The predicted octanol–water partition coefficient (Wildman–Crippen LogP) is 0.611. The topological polar surface area (TPSA) is 78.4 Å². The van der Waals surface area contributed by atoms with Gasteiger partial charge in [-0.3, -0.25) is 9.59 Å². The maximum atomic E-state index is 11.8. The number of amides is 1. The van der Waals surface area contributed by atoms with Crippen molar-refractivity contribution in [3.8, 4) is 0 Å². The van der Waals surface area contributed by atoms with Crippen molar-refractivity contribution in [3.05, 3.63) is 0 Å². The molecule has 106 valence electrons. The van der Waals surface area contributed by atoms with Crippen LogP contribution >= 0.6 is 0 Å². The number of carboxylic acids is 1. The van der Waals surface area contributed by atoms with Crippen LogP contribution in [0.2, 0.25) is 0 Å². The summed E-state index contributed by atoms with van der Waals surface area (Å²) in [6.07, 6.45) is -4.37. The van der Waals surface area contributed by atoms with E-state index in [2.05, 4.69) is 5.32 Å². The van der Waals surface area contributed by atoms with Crippen LogP contribution in [0.25, 0.3) is 0 Å². The summed E-state index contributed by atoms with van der Waals surface area (Å²) in [5.74, 6) is -2.64. The summed E-state index contributed by atoms with van der Waals surface area (Å²) in [5, 5.41) is 13.0. The average Bonchev–Trinajstić information content (AvgIpc) is 2.14. The molecule has 0 radical (unpaired) electrons. The van der Waals surface area contributed by atoms with Crippen LogP contribution in [0.1, 0.15) is 13.8 Å². The van der Waals surface area contributed by atoms with Crippen LogP contribution in [0.15, 0.2) is 0 Å². The van der Waals surface area contributed by atoms with Gasteiger partial charge < -0.3 is 15.7 Å². The van der Waals surface area contributed by atoms with Crippen LogP contribution in [-0.2, 0) is 9.59 Å². The van der Waals surface area contributed by atoms with Crippen molar-refractivity contribution in [1.29, 1.82) is 0 Å². The largest absolute Gasteiger partial charge is 0.481 e. The van der Waals surface area contributed by atoms with E-state index < -0.39 is 37.1 Å². The number of nitrogens with one attached hydrogen (secondary N) is 2. The molecule has 0 rings (SSSR count). The van der Waals surface area contributed by atoms with Crippen molar-refractivity contribution in [2.45, 2.75) is 20.0 Å². The van der Waals surface area contributed by atoms with Gasteiger partial charge in [0, 0.05) is 6.54 Å². The van der Waals surface area contributed by atoms with Crippen LogP contribution in [0.5, 0.6) is 0 Å². The number of carbonyl (C=O) groups excluding carboxylic acids is 1. The minimum absolute atomic E-state index is 0.0977. The second kappa shape index (κ2) is 7.20. The molecular weight excluding hydrogens is 253 g/mol. The predicted molar refractivity (Wildman–Crippen MR) is 57.9 cm³/mol. The van der Waals surface area contributed by atoms with Gasteiger partial charge in [0.25, 0.3) is 0 Å². The first kappa shape index (κ1) is 16.7. The Kier molecular flexibility index (Phi) is 6.67. The fourth-order valence-corrected chi connectivity index (χ4v) is 1.21. The number of hydrogen-bond donors (Lipinski definition) is 3. The van der Waals surface area contributed by atoms with E-state index in [1.54, 1.807) is 13.8 Å². The Morgan fingerprint density at radius 3 is 2.22 bits per heavy atom. The Morgan fingerprint density at radius 1 is 1.28 bits per heavy atom. The monoisotopic (exact) mass is 270 g/mol. The van der Waals surface area contributed by atoms with E-state index in [4.69, 9.17) is 5.11 Å². The quantitative estimate of drug-likeness (QED) is 0.633. The van der Waals surface area contributed by atoms with Crippen LogP contribution in [0.4, 0.5) is 13.2 Å². The van der Waals surface area contributed by atoms with Gasteiger partial charge in [0.15, 0.2) is 0 Å². The maximum Gasteiger partial charge on any atom is 0.401 e. The second-order valence-corrected chi connectivity index (χ2v) is 4.21. The Balaban J connectivity index is 3.92. The molecule has 3 N–H and O–H groups in total. The van der Waals surface area contributed by atoms with E-state index >= 15 is 0 Å². The van der Waals surface area contributed by atoms with Gasteiger partial charge in [0.2, 0.25) is 5.91 Å². The lowest BCUT2D eigenvalue weighted by molar-refractivity contribution is -0.143. The highest BCUT2D eigenvalue weighted by Gasteiger charge is 2.27. The van der Waals surface area contributed by atoms with Gasteiger partial charge in [0.05, 0.1) is 19.0 Å². The number of hydrogen-bond acceptors (Lipinski definition) is 3. The minimum atomic E-state index is -4.37. The number of alkyl halides is 3. The van der Waals surface area contributed by atoms with Crippen LogP contribution in [-0.4, -0.2) is 42.8 Å². The molecule has 0 fully saturated rings. The molecule has 0 aromatic heterocycles. The first-order chi connectivity index (χ1) is 8.13. The molecule has 0 aromatic carbocycles. The van der Waals surface area contributed by atoms with Crippen LogP contribution < -0.4 is 10.6 Å². The first-order valence-electron chi connectivity index (χ1n) is 5.40. The lowest BCUT2D eigenvalue weighted by Gasteiger charge is -2.16. The smallest absolute Gasteiger partial charge is 0.401 e. The fourth-order valence-electron chi connectivity index (χ4n) is 1.21. The number of rotatable bonds is 7. The van der Waals surface area contributed by atoms with Gasteiger partial charge in [0.1, 0.15) is 0 Å². The minimum Gasteiger partial charge on any atom is -0.481 e. The summed E-state index contributed by atoms with van der Waals surface area (Å²) in [6, 6.07) is 0. The molecule has 0 bridgehead atoms. The Morgan fingerprint density at radius 2 is 1.83 bits per heavy atom. The first-order valence-corrected chi connectivity index (χ1v) is 5.40. The van der Waals surface area contributed by atoms with Gasteiger partial charge in [-0.1, -0.05) is 13.8 Å². The fraction of sp³-hybridized carbons (Fsp3) is 0.800. The van der Waals surface area contributed by atoms with E-state index in [1.165, 1.54) is 0 Å². The zero-order valence-corrected chi connectivity index (χ0v) is 10.2. The van der Waals surface area contributed by atoms with Gasteiger partial charge in [-0.15, -0.1) is 0 Å². The molecule has 5 nitrogen and oxygen atoms in total. The molecule has 0 aliphatic rings. The number of carbonyl (C=O) groups is 2. The van der Waals surface area contributed by atoms with E-state index in [9.17, 15) is 22.8 Å². The van der Waals surface area contributed by atoms with Crippen molar-refractivity contribution in [2.24, 2.45) is 11.8 Å². The maximum absolute atomic E-state index is 11.8. The highest BCUT2D eigenvalue weighted by Crippen LogP contribution is 2.12. The summed E-state index contributed by atoms with van der Waals surface area (Å²) in [6.45, 7) is 1.52. The molecule has 1 unspecified atom stereocenters. The van der Waals surface area contributed by atoms with E-state index in [0.29, 0.717) is 0 Å². The molecule has 18 heavy (non-hydrogen) atoms. The van der Waals surface area contributed by atoms with Gasteiger partial charge >= 0.3 is 12.1 Å². The summed E-state index contributed by atoms with van der Waals surface area (Å²) in [4.78, 5) is 21.9. The summed E-state index contributed by atoms with van der Waals surface area (Å²) in [7, 11) is 0. The average molecular weight is 270 g/mol. The SMILES string of the molecule is CC(C)C(CNC(=O)CNCC(F)(F)F)C(=O)O. The molecule has 0 heterocycles. The third kappa shape index (κ3) is 7.88. The molecule has 0 aliphatic heterocycles. The number of aliphatic carboxylic acids is 1. The second-order valence-electron chi connectivity index (χ2n) is 4.21. The zero-order valence-electron chi connectivity index (χ0n) is 10.2. The molecular formula is C10H17F3N2O3. The third-order valence-corrected chi connectivity index (χ3v) is 2.25. The highest BCUT2D eigenvalue weighted by atomic mass is 19.4. The van der Waals surface area contributed by atoms with E-state index in [0.717, 1.165) is 0 Å². The Bertz CT molecular complexity index is 293. The van der Waals surface area contributed by atoms with E-state index in [-0.39, 0.29) is 12.5 Å². The molecule has 0 aliphatic carbocycles. The molecule has 1 atom stereocenters. The molecule has 0 spiro atoms. The molecule has 0 aromatic rings. The van der Waals surface area contributed by atoms with Crippen LogP contribution in [0, 0.1) is 11.8 Å². The van der Waals surface area contributed by atoms with Gasteiger partial charge in [-0.2, -0.15) is 13.2 Å². The lowest BCUT2D eigenvalue weighted by Crippen LogP contribution is -2.41. The van der Waals surface area contributed by atoms with Crippen LogP contribution in [0.3, 0.4) is 0 Å². The third-order valence-electron chi connectivity index (χ3n) is 2.25. The van der Waals surface area contributed by atoms with Gasteiger partial charge in [-0.05, 0) is 5.92 Å². The van der Waals surface area contributed by atoms with E-state index in [1.807, 2.05) is 5.32 Å². The highest BCUT2D eigenvalue weighted by molar-refractivity contribution is 5.79. The van der Waals surface area contributed by atoms with Crippen molar-refractivity contribution >= 4 is 11.9 Å². The lowest BCUT2D eigenvalue weighted by atomic mass is 9.96. The van der Waals surface area contributed by atoms with Crippen molar-refractivity contribution in [2.75, 3.05) is 19.6 Å². The molecule has 1 amide bonds. The number of halogens is 3. The molecule has 0 saturated heterocycles. The summed E-state index contributed by atoms with van der Waals surface area (Å²) in [5.41, 5.74) is 0. The van der Waals surface area contributed by atoms with Crippen molar-refractivity contribution in [1.82, 2.24) is 10.6 Å². The summed E-state index contributed by atoms with van der Waals surface area (Å²) < 4.78 is 35.3. The Labute approximate surface area is 103 Å². The van der Waals surface area contributed by atoms with Crippen molar-refractivity contribution < 1.29 is 27.9 Å². The standard InChI is InChI=1S/C10H17F3N2O3/c1-6(2)7(9(17)18)3-15-8(16)4-14-5-10(11,12)13/h6-7,14H,3-5H2,1-2H3,(H,15,16)(H,17,18).